The van der Waals surface area contributed by atoms with Gasteiger partial charge in [0.2, 0.25) is 0 Å². The second-order valence-electron chi connectivity index (χ2n) is 8.09. The number of aryl methyl sites for hydroxylation is 1. The minimum absolute atomic E-state index is 0.158. The molecule has 0 aliphatic heterocycles. The van der Waals surface area contributed by atoms with E-state index in [4.69, 9.17) is 9.47 Å². The van der Waals surface area contributed by atoms with Crippen molar-refractivity contribution in [2.45, 2.75) is 78.0 Å². The van der Waals surface area contributed by atoms with Crippen molar-refractivity contribution in [3.8, 4) is 0 Å². The number of esters is 1. The topological polar surface area (TPSA) is 76.7 Å². The van der Waals surface area contributed by atoms with E-state index in [0.29, 0.717) is 18.2 Å². The molecule has 0 bridgehead atoms. The Morgan fingerprint density at radius 2 is 1.74 bits per heavy atom. The van der Waals surface area contributed by atoms with Crippen LogP contribution in [-0.2, 0) is 9.47 Å². The van der Waals surface area contributed by atoms with Gasteiger partial charge in [0.1, 0.15) is 5.60 Å². The Morgan fingerprint density at radius 3 is 2.30 bits per heavy atom. The van der Waals surface area contributed by atoms with Gasteiger partial charge in [0.25, 0.3) is 0 Å². The summed E-state index contributed by atoms with van der Waals surface area (Å²) in [6.07, 6.45) is 3.43. The van der Waals surface area contributed by atoms with Crippen LogP contribution in [0, 0.1) is 6.92 Å². The lowest BCUT2D eigenvalue weighted by atomic mass is 9.91. The van der Waals surface area contributed by atoms with Gasteiger partial charge < -0.3 is 20.1 Å². The van der Waals surface area contributed by atoms with Crippen LogP contribution >= 0.6 is 0 Å². The first-order valence-electron chi connectivity index (χ1n) is 9.71. The summed E-state index contributed by atoms with van der Waals surface area (Å²) < 4.78 is 10.4. The monoisotopic (exact) mass is 376 g/mol. The van der Waals surface area contributed by atoms with Crippen molar-refractivity contribution in [1.29, 1.82) is 0 Å². The van der Waals surface area contributed by atoms with Crippen molar-refractivity contribution in [3.63, 3.8) is 0 Å². The third kappa shape index (κ3) is 6.77. The minimum Gasteiger partial charge on any atom is -0.462 e. The summed E-state index contributed by atoms with van der Waals surface area (Å²) in [6.45, 7) is 9.75. The lowest BCUT2D eigenvalue weighted by Gasteiger charge is -2.31. The molecule has 1 amide bonds. The van der Waals surface area contributed by atoms with Crippen molar-refractivity contribution >= 4 is 17.7 Å². The van der Waals surface area contributed by atoms with Crippen molar-refractivity contribution in [2.75, 3.05) is 11.9 Å². The van der Waals surface area contributed by atoms with Crippen molar-refractivity contribution in [3.05, 3.63) is 29.3 Å². The second kappa shape index (κ2) is 9.11. The molecule has 0 saturated heterocycles. The zero-order chi connectivity index (χ0) is 20.0. The van der Waals surface area contributed by atoms with Gasteiger partial charge in [0.15, 0.2) is 0 Å². The SMILES string of the molecule is CCOC(=O)c1ccc(NC2CCC(NC(=O)OC(C)(C)C)CC2)c(C)c1. The maximum atomic E-state index is 11.9. The van der Waals surface area contributed by atoms with E-state index in [2.05, 4.69) is 10.6 Å². The van der Waals surface area contributed by atoms with Gasteiger partial charge in [-0.3, -0.25) is 0 Å². The van der Waals surface area contributed by atoms with Crippen LogP contribution in [0.15, 0.2) is 18.2 Å². The molecule has 27 heavy (non-hydrogen) atoms. The van der Waals surface area contributed by atoms with Crippen molar-refractivity contribution in [2.24, 2.45) is 0 Å². The van der Waals surface area contributed by atoms with Crippen LogP contribution in [0.1, 0.15) is 69.3 Å². The van der Waals surface area contributed by atoms with Crippen LogP contribution < -0.4 is 10.6 Å². The Kier molecular flexibility index (Phi) is 7.11. The third-order valence-corrected chi connectivity index (χ3v) is 4.55. The fraction of sp³-hybridized carbons (Fsp3) is 0.619. The molecule has 1 aromatic rings. The molecule has 6 nitrogen and oxygen atoms in total. The van der Waals surface area contributed by atoms with E-state index in [1.165, 1.54) is 0 Å². The summed E-state index contributed by atoms with van der Waals surface area (Å²) in [4.78, 5) is 23.7. The lowest BCUT2D eigenvalue weighted by Crippen LogP contribution is -2.42. The van der Waals surface area contributed by atoms with Crippen LogP contribution in [0.5, 0.6) is 0 Å². The molecule has 1 aliphatic rings. The number of hydrogen-bond acceptors (Lipinski definition) is 5. The third-order valence-electron chi connectivity index (χ3n) is 4.55. The van der Waals surface area contributed by atoms with E-state index in [1.807, 2.05) is 39.8 Å². The molecule has 2 N–H and O–H groups in total. The van der Waals surface area contributed by atoms with E-state index in [1.54, 1.807) is 13.0 Å². The number of alkyl carbamates (subject to hydrolysis) is 1. The van der Waals surface area contributed by atoms with Crippen LogP contribution in [0.3, 0.4) is 0 Å². The minimum atomic E-state index is -0.476. The predicted octanol–water partition coefficient (Wildman–Crippen LogP) is 4.42. The van der Waals surface area contributed by atoms with Crippen LogP contribution in [-0.4, -0.2) is 36.4 Å². The average Bonchev–Trinajstić information content (AvgIpc) is 2.57. The summed E-state index contributed by atoms with van der Waals surface area (Å²) in [7, 11) is 0. The molecule has 0 radical (unpaired) electrons. The Labute approximate surface area is 162 Å². The summed E-state index contributed by atoms with van der Waals surface area (Å²) in [5.74, 6) is -0.291. The maximum Gasteiger partial charge on any atom is 0.407 e. The Morgan fingerprint density at radius 1 is 1.11 bits per heavy atom. The molecular weight excluding hydrogens is 344 g/mol. The number of nitrogens with one attached hydrogen (secondary N) is 2. The number of ether oxygens (including phenoxy) is 2. The second-order valence-corrected chi connectivity index (χ2v) is 8.09. The highest BCUT2D eigenvalue weighted by Crippen LogP contribution is 2.25. The van der Waals surface area contributed by atoms with E-state index in [0.717, 1.165) is 36.9 Å². The number of anilines is 1. The fourth-order valence-electron chi connectivity index (χ4n) is 3.24. The first-order chi connectivity index (χ1) is 12.7. The molecule has 150 valence electrons. The molecule has 0 heterocycles. The van der Waals surface area contributed by atoms with Crippen LogP contribution in [0.4, 0.5) is 10.5 Å². The predicted molar refractivity (Wildman–Crippen MR) is 106 cm³/mol. The van der Waals surface area contributed by atoms with Gasteiger partial charge in [0.05, 0.1) is 12.2 Å². The number of carbonyl (C=O) groups excluding carboxylic acids is 2. The van der Waals surface area contributed by atoms with Gasteiger partial charge in [-0.2, -0.15) is 0 Å². The zero-order valence-electron chi connectivity index (χ0n) is 17.1. The Balaban J connectivity index is 1.83. The zero-order valence-corrected chi connectivity index (χ0v) is 17.1. The van der Waals surface area contributed by atoms with Crippen molar-refractivity contribution < 1.29 is 19.1 Å². The van der Waals surface area contributed by atoms with E-state index in [-0.39, 0.29) is 18.1 Å². The van der Waals surface area contributed by atoms with Crippen LogP contribution in [0.25, 0.3) is 0 Å². The van der Waals surface area contributed by atoms with Crippen molar-refractivity contribution in [1.82, 2.24) is 5.32 Å². The van der Waals surface area contributed by atoms with Gasteiger partial charge in [-0.15, -0.1) is 0 Å². The summed E-state index contributed by atoms with van der Waals surface area (Å²) in [5.41, 5.74) is 2.15. The van der Waals surface area contributed by atoms with E-state index >= 15 is 0 Å². The molecule has 6 heteroatoms. The smallest absolute Gasteiger partial charge is 0.407 e. The molecule has 0 aromatic heterocycles. The summed E-state index contributed by atoms with van der Waals surface area (Å²) in [5, 5.41) is 6.53. The molecular formula is C21H32N2O4. The molecule has 1 aromatic carbocycles. The molecule has 0 atom stereocenters. The largest absolute Gasteiger partial charge is 0.462 e. The molecule has 1 aliphatic carbocycles. The van der Waals surface area contributed by atoms with E-state index in [9.17, 15) is 9.59 Å². The van der Waals surface area contributed by atoms with Gasteiger partial charge in [-0.25, -0.2) is 9.59 Å². The highest BCUT2D eigenvalue weighted by Gasteiger charge is 2.25. The Hall–Kier alpha value is -2.24. The number of benzene rings is 1. The quantitative estimate of drug-likeness (QED) is 0.744. The number of carbonyl (C=O) groups is 2. The first-order valence-corrected chi connectivity index (χ1v) is 9.71. The van der Waals surface area contributed by atoms with Gasteiger partial charge in [0, 0.05) is 17.8 Å². The average molecular weight is 376 g/mol. The summed E-state index contributed by atoms with van der Waals surface area (Å²) in [6, 6.07) is 6.10. The molecule has 1 fully saturated rings. The molecule has 0 spiro atoms. The maximum absolute atomic E-state index is 11.9. The van der Waals surface area contributed by atoms with Gasteiger partial charge >= 0.3 is 12.1 Å². The fourth-order valence-corrected chi connectivity index (χ4v) is 3.24. The van der Waals surface area contributed by atoms with E-state index < -0.39 is 5.60 Å². The molecule has 2 rings (SSSR count). The number of rotatable bonds is 5. The number of hydrogen-bond donors (Lipinski definition) is 2. The van der Waals surface area contributed by atoms with Gasteiger partial charge in [-0.1, -0.05) is 0 Å². The molecule has 1 saturated carbocycles. The normalized spacial score (nSPS) is 19.9. The summed E-state index contributed by atoms with van der Waals surface area (Å²) >= 11 is 0. The lowest BCUT2D eigenvalue weighted by molar-refractivity contribution is 0.0489. The first kappa shape index (κ1) is 21.1. The standard InChI is InChI=1S/C21H32N2O4/c1-6-26-19(24)15-7-12-18(14(2)13-15)22-16-8-10-17(11-9-16)23-20(25)27-21(3,4)5/h7,12-13,16-17,22H,6,8-11H2,1-5H3,(H,23,25). The van der Waals surface area contributed by atoms with Crippen LogP contribution in [0.2, 0.25) is 0 Å². The highest BCUT2D eigenvalue weighted by molar-refractivity contribution is 5.90. The number of amides is 1. The Bertz CT molecular complexity index is 659. The van der Waals surface area contributed by atoms with Gasteiger partial charge in [-0.05, 0) is 84.1 Å². The highest BCUT2D eigenvalue weighted by atomic mass is 16.6. The molecule has 0 unspecified atom stereocenters.